The summed E-state index contributed by atoms with van der Waals surface area (Å²) in [7, 11) is 0. The first kappa shape index (κ1) is 10.4. The Morgan fingerprint density at radius 2 is 2.06 bits per heavy atom. The van der Waals surface area contributed by atoms with Crippen molar-refractivity contribution in [3.63, 3.8) is 0 Å². The van der Waals surface area contributed by atoms with E-state index < -0.39 is 17.6 Å². The van der Waals surface area contributed by atoms with Crippen LogP contribution >= 0.6 is 0 Å². The van der Waals surface area contributed by atoms with Crippen LogP contribution in [0.2, 0.25) is 0 Å². The van der Waals surface area contributed by atoms with Gasteiger partial charge in [0.15, 0.2) is 11.3 Å². The van der Waals surface area contributed by atoms with Crippen molar-refractivity contribution in [1.82, 2.24) is 14.6 Å². The quantitative estimate of drug-likeness (QED) is 0.834. The van der Waals surface area contributed by atoms with E-state index >= 15 is 0 Å². The van der Waals surface area contributed by atoms with E-state index in [1.54, 1.807) is 6.07 Å². The maximum absolute atomic E-state index is 12.8. The molecule has 0 aliphatic heterocycles. The maximum Gasteiger partial charge on any atom is 0.435 e. The van der Waals surface area contributed by atoms with Crippen molar-refractivity contribution in [1.29, 1.82) is 0 Å². The molecule has 2 aromatic rings. The lowest BCUT2D eigenvalue weighted by Crippen LogP contribution is -2.16. The lowest BCUT2D eigenvalue weighted by atomic mass is 10.3. The van der Waals surface area contributed by atoms with E-state index in [0.717, 1.165) is 23.6 Å². The summed E-state index contributed by atoms with van der Waals surface area (Å²) in [6.07, 6.45) is -1.56. The van der Waals surface area contributed by atoms with Crippen molar-refractivity contribution in [2.45, 2.75) is 24.9 Å². The Bertz CT molecular complexity index is 583. The predicted octanol–water partition coefficient (Wildman–Crippen LogP) is 2.21. The van der Waals surface area contributed by atoms with Gasteiger partial charge < -0.3 is 5.73 Å². The first-order chi connectivity index (χ1) is 7.97. The Labute approximate surface area is 94.2 Å². The van der Waals surface area contributed by atoms with Crippen molar-refractivity contribution in [3.05, 3.63) is 23.7 Å². The van der Waals surface area contributed by atoms with Crippen LogP contribution in [0, 0.1) is 0 Å². The fraction of sp³-hybridized carbons (Fsp3) is 0.400. The van der Waals surface area contributed by atoms with Crippen molar-refractivity contribution < 1.29 is 13.2 Å². The van der Waals surface area contributed by atoms with Crippen molar-refractivity contribution >= 4 is 11.3 Å². The minimum Gasteiger partial charge on any atom is -0.396 e. The van der Waals surface area contributed by atoms with Gasteiger partial charge in [0.25, 0.3) is 0 Å². The Morgan fingerprint density at radius 3 is 2.65 bits per heavy atom. The number of nitrogen functional groups attached to an aromatic ring is 1. The monoisotopic (exact) mass is 242 g/mol. The molecule has 2 N–H and O–H groups in total. The lowest BCUT2D eigenvalue weighted by molar-refractivity contribution is -0.141. The molecule has 4 nitrogen and oxygen atoms in total. The van der Waals surface area contributed by atoms with Crippen LogP contribution in [0.3, 0.4) is 0 Å². The number of nitrogens with two attached hydrogens (primary N) is 1. The van der Waals surface area contributed by atoms with E-state index in [1.807, 2.05) is 0 Å². The molecule has 0 unspecified atom stereocenters. The molecule has 7 heteroatoms. The summed E-state index contributed by atoms with van der Waals surface area (Å²) in [5.41, 5.74) is 4.82. The highest BCUT2D eigenvalue weighted by atomic mass is 19.4. The van der Waals surface area contributed by atoms with Crippen LogP contribution < -0.4 is 5.73 Å². The van der Waals surface area contributed by atoms with Gasteiger partial charge in [0, 0.05) is 12.0 Å². The topological polar surface area (TPSA) is 56.2 Å². The highest BCUT2D eigenvalue weighted by Gasteiger charge is 2.38. The van der Waals surface area contributed by atoms with Gasteiger partial charge in [-0.05, 0) is 12.8 Å². The molecule has 0 aromatic carbocycles. The molecule has 0 bridgehead atoms. The van der Waals surface area contributed by atoms with Crippen LogP contribution in [-0.4, -0.2) is 14.6 Å². The van der Waals surface area contributed by atoms with E-state index in [4.69, 9.17) is 5.73 Å². The molecule has 2 aromatic heterocycles. The Hall–Kier alpha value is -1.79. The predicted molar refractivity (Wildman–Crippen MR) is 54.4 cm³/mol. The van der Waals surface area contributed by atoms with Crippen molar-refractivity contribution in [2.75, 3.05) is 5.73 Å². The third-order valence-electron chi connectivity index (χ3n) is 2.79. The van der Waals surface area contributed by atoms with Crippen LogP contribution in [0.15, 0.2) is 12.3 Å². The van der Waals surface area contributed by atoms with E-state index in [9.17, 15) is 13.2 Å². The minimum absolute atomic E-state index is 0.188. The van der Waals surface area contributed by atoms with Gasteiger partial charge in [-0.25, -0.2) is 9.50 Å². The van der Waals surface area contributed by atoms with E-state index in [1.165, 1.54) is 0 Å². The molecule has 3 rings (SSSR count). The van der Waals surface area contributed by atoms with Gasteiger partial charge in [0.1, 0.15) is 0 Å². The number of anilines is 1. The molecule has 0 saturated heterocycles. The largest absolute Gasteiger partial charge is 0.435 e. The van der Waals surface area contributed by atoms with Crippen molar-refractivity contribution in [3.8, 4) is 0 Å². The fourth-order valence-electron chi connectivity index (χ4n) is 1.83. The van der Waals surface area contributed by atoms with Crippen LogP contribution in [0.4, 0.5) is 18.9 Å². The number of fused-ring (bicyclic) bond motifs is 1. The van der Waals surface area contributed by atoms with Crippen LogP contribution in [-0.2, 0) is 6.18 Å². The summed E-state index contributed by atoms with van der Waals surface area (Å²) < 4.78 is 39.3. The SMILES string of the molecule is Nc1cnc2cc(C3CC3)nn2c1C(F)(F)F. The van der Waals surface area contributed by atoms with Gasteiger partial charge in [-0.15, -0.1) is 0 Å². The molecule has 1 saturated carbocycles. The Morgan fingerprint density at radius 1 is 1.35 bits per heavy atom. The molecule has 1 aliphatic rings. The summed E-state index contributed by atoms with van der Waals surface area (Å²) in [5.74, 6) is 0.277. The third-order valence-corrected chi connectivity index (χ3v) is 2.79. The zero-order chi connectivity index (χ0) is 12.2. The number of halogens is 3. The normalized spacial score (nSPS) is 16.6. The number of alkyl halides is 3. The summed E-state index contributed by atoms with van der Waals surface area (Å²) in [6.45, 7) is 0. The molecule has 1 fully saturated rings. The number of rotatable bonds is 1. The third kappa shape index (κ3) is 1.62. The zero-order valence-corrected chi connectivity index (χ0v) is 8.70. The first-order valence-electron chi connectivity index (χ1n) is 5.18. The van der Waals surface area contributed by atoms with E-state index in [2.05, 4.69) is 10.1 Å². The summed E-state index contributed by atoms with van der Waals surface area (Å²) >= 11 is 0. The summed E-state index contributed by atoms with van der Waals surface area (Å²) in [5, 5.41) is 3.96. The van der Waals surface area contributed by atoms with Gasteiger partial charge in [-0.1, -0.05) is 0 Å². The molecular weight excluding hydrogens is 233 g/mol. The van der Waals surface area contributed by atoms with Crippen LogP contribution in [0.1, 0.15) is 30.1 Å². The van der Waals surface area contributed by atoms with Gasteiger partial charge in [-0.3, -0.25) is 0 Å². The molecular formula is C10H9F3N4. The second-order valence-corrected chi connectivity index (χ2v) is 4.17. The number of hydrogen-bond acceptors (Lipinski definition) is 3. The summed E-state index contributed by atoms with van der Waals surface area (Å²) in [6, 6.07) is 1.59. The van der Waals surface area contributed by atoms with Gasteiger partial charge in [0.05, 0.1) is 17.6 Å². The molecule has 17 heavy (non-hydrogen) atoms. The van der Waals surface area contributed by atoms with Gasteiger partial charge >= 0.3 is 6.18 Å². The van der Waals surface area contributed by atoms with E-state index in [-0.39, 0.29) is 11.6 Å². The lowest BCUT2D eigenvalue weighted by Gasteiger charge is -2.10. The highest BCUT2D eigenvalue weighted by molar-refractivity contribution is 5.51. The standard InChI is InChI=1S/C10H9F3N4/c11-10(12,13)9-6(14)4-15-8-3-7(5-1-2-5)16-17(8)9/h3-5H,1-2,14H2. The molecule has 2 heterocycles. The molecule has 90 valence electrons. The Kier molecular flexibility index (Phi) is 1.90. The maximum atomic E-state index is 12.8. The number of aromatic nitrogens is 3. The average Bonchev–Trinajstić information content (AvgIpc) is 2.97. The highest BCUT2D eigenvalue weighted by Crippen LogP contribution is 2.40. The molecule has 1 aliphatic carbocycles. The van der Waals surface area contributed by atoms with E-state index in [0.29, 0.717) is 5.69 Å². The van der Waals surface area contributed by atoms with Gasteiger partial charge in [0.2, 0.25) is 0 Å². The zero-order valence-electron chi connectivity index (χ0n) is 8.70. The van der Waals surface area contributed by atoms with Crippen molar-refractivity contribution in [2.24, 2.45) is 0 Å². The summed E-state index contributed by atoms with van der Waals surface area (Å²) in [4.78, 5) is 3.86. The molecule has 0 atom stereocenters. The van der Waals surface area contributed by atoms with Crippen LogP contribution in [0.5, 0.6) is 0 Å². The Balaban J connectivity index is 2.27. The number of hydrogen-bond donors (Lipinski definition) is 1. The molecule has 0 amide bonds. The number of nitrogens with zero attached hydrogens (tertiary/aromatic N) is 3. The van der Waals surface area contributed by atoms with Gasteiger partial charge in [-0.2, -0.15) is 18.3 Å². The fourth-order valence-corrected chi connectivity index (χ4v) is 1.83. The second kappa shape index (κ2) is 3.12. The van der Waals surface area contributed by atoms with Crippen LogP contribution in [0.25, 0.3) is 5.65 Å². The molecule has 0 radical (unpaired) electrons. The minimum atomic E-state index is -4.53. The smallest absolute Gasteiger partial charge is 0.396 e. The first-order valence-corrected chi connectivity index (χ1v) is 5.18. The second-order valence-electron chi connectivity index (χ2n) is 4.17. The molecule has 0 spiro atoms. The average molecular weight is 242 g/mol.